The van der Waals surface area contributed by atoms with Crippen molar-refractivity contribution < 1.29 is 0 Å². The molecule has 2 N–H and O–H groups in total. The molecular formula is C23H40N6. The van der Waals surface area contributed by atoms with Crippen LogP contribution in [-0.2, 0) is 6.54 Å². The van der Waals surface area contributed by atoms with Crippen LogP contribution in [0.5, 0.6) is 0 Å². The van der Waals surface area contributed by atoms with Crippen LogP contribution in [0.3, 0.4) is 0 Å². The lowest BCUT2D eigenvalue weighted by atomic mass is 10.1. The van der Waals surface area contributed by atoms with Gasteiger partial charge in [0, 0.05) is 51.0 Å². The highest BCUT2D eigenvalue weighted by Crippen LogP contribution is 2.19. The molecule has 1 aromatic rings. The summed E-state index contributed by atoms with van der Waals surface area (Å²) in [5.74, 6) is 2.64. The van der Waals surface area contributed by atoms with Gasteiger partial charge < -0.3 is 15.5 Å². The number of aromatic nitrogens is 1. The number of guanidine groups is 1. The molecular weight excluding hydrogens is 360 g/mol. The van der Waals surface area contributed by atoms with E-state index < -0.39 is 0 Å². The SMILES string of the molecule is CCNC(=NCc1ccc(N2CCCCCC2)nc1)NC1CN(C(C)C)CC1C. The Kier molecular flexibility index (Phi) is 8.16. The van der Waals surface area contributed by atoms with Gasteiger partial charge in [-0.15, -0.1) is 0 Å². The minimum atomic E-state index is 0.443. The maximum atomic E-state index is 4.83. The summed E-state index contributed by atoms with van der Waals surface area (Å²) in [6.45, 7) is 15.0. The fraction of sp³-hybridized carbons (Fsp3) is 0.739. The van der Waals surface area contributed by atoms with Crippen LogP contribution in [0.15, 0.2) is 23.3 Å². The largest absolute Gasteiger partial charge is 0.357 e. The van der Waals surface area contributed by atoms with Crippen molar-refractivity contribution in [3.63, 3.8) is 0 Å². The van der Waals surface area contributed by atoms with Gasteiger partial charge in [0.1, 0.15) is 5.82 Å². The maximum absolute atomic E-state index is 4.83. The van der Waals surface area contributed by atoms with Crippen molar-refractivity contribution in [3.05, 3.63) is 23.9 Å². The molecule has 6 nitrogen and oxygen atoms in total. The Morgan fingerprint density at radius 1 is 1.17 bits per heavy atom. The Balaban J connectivity index is 1.58. The zero-order valence-electron chi connectivity index (χ0n) is 18.8. The molecule has 2 aliphatic rings. The van der Waals surface area contributed by atoms with Gasteiger partial charge in [0.05, 0.1) is 6.54 Å². The summed E-state index contributed by atoms with van der Waals surface area (Å²) in [5, 5.41) is 7.07. The van der Waals surface area contributed by atoms with Crippen LogP contribution in [0.2, 0.25) is 0 Å². The summed E-state index contributed by atoms with van der Waals surface area (Å²) < 4.78 is 0. The second-order valence-electron chi connectivity index (χ2n) is 8.90. The highest BCUT2D eigenvalue weighted by molar-refractivity contribution is 5.80. The van der Waals surface area contributed by atoms with Gasteiger partial charge in [-0.25, -0.2) is 9.98 Å². The van der Waals surface area contributed by atoms with Crippen LogP contribution in [0.4, 0.5) is 5.82 Å². The van der Waals surface area contributed by atoms with Crippen molar-refractivity contribution in [1.82, 2.24) is 20.5 Å². The smallest absolute Gasteiger partial charge is 0.191 e. The third kappa shape index (κ3) is 6.33. The fourth-order valence-corrected chi connectivity index (χ4v) is 4.28. The number of rotatable bonds is 6. The van der Waals surface area contributed by atoms with Crippen LogP contribution in [-0.4, -0.2) is 60.7 Å². The van der Waals surface area contributed by atoms with Gasteiger partial charge in [-0.3, -0.25) is 4.90 Å². The number of likely N-dealkylation sites (tertiary alicyclic amines) is 1. The second kappa shape index (κ2) is 10.8. The predicted octanol–water partition coefficient (Wildman–Crippen LogP) is 3.25. The van der Waals surface area contributed by atoms with Gasteiger partial charge in [0.25, 0.3) is 0 Å². The molecule has 2 fully saturated rings. The zero-order chi connectivity index (χ0) is 20.6. The van der Waals surface area contributed by atoms with Gasteiger partial charge >= 0.3 is 0 Å². The van der Waals surface area contributed by atoms with Crippen LogP contribution < -0.4 is 15.5 Å². The number of pyridine rings is 1. The monoisotopic (exact) mass is 400 g/mol. The van der Waals surface area contributed by atoms with Crippen molar-refractivity contribution in [1.29, 1.82) is 0 Å². The van der Waals surface area contributed by atoms with Gasteiger partial charge in [-0.05, 0) is 51.2 Å². The number of nitrogens with one attached hydrogen (secondary N) is 2. The van der Waals surface area contributed by atoms with Crippen molar-refractivity contribution >= 4 is 11.8 Å². The first-order valence-electron chi connectivity index (χ1n) is 11.6. The Morgan fingerprint density at radius 2 is 1.93 bits per heavy atom. The number of hydrogen-bond donors (Lipinski definition) is 2. The van der Waals surface area contributed by atoms with E-state index in [9.17, 15) is 0 Å². The molecule has 0 bridgehead atoms. The third-order valence-corrected chi connectivity index (χ3v) is 6.20. The first-order chi connectivity index (χ1) is 14.1. The summed E-state index contributed by atoms with van der Waals surface area (Å²) in [4.78, 5) is 14.5. The first-order valence-corrected chi connectivity index (χ1v) is 11.6. The third-order valence-electron chi connectivity index (χ3n) is 6.20. The Labute approximate surface area is 177 Å². The van der Waals surface area contributed by atoms with Crippen LogP contribution in [0.1, 0.15) is 58.9 Å². The van der Waals surface area contributed by atoms with E-state index in [1.807, 2.05) is 6.20 Å². The lowest BCUT2D eigenvalue weighted by molar-refractivity contribution is 0.265. The van der Waals surface area contributed by atoms with Crippen molar-refractivity contribution in [2.24, 2.45) is 10.9 Å². The topological polar surface area (TPSA) is 55.8 Å². The molecule has 0 spiro atoms. The Morgan fingerprint density at radius 3 is 2.52 bits per heavy atom. The lowest BCUT2D eigenvalue weighted by Gasteiger charge is -2.22. The van der Waals surface area contributed by atoms with Crippen molar-refractivity contribution in [3.8, 4) is 0 Å². The van der Waals surface area contributed by atoms with E-state index in [1.54, 1.807) is 0 Å². The predicted molar refractivity (Wildman–Crippen MR) is 123 cm³/mol. The van der Waals surface area contributed by atoms with Crippen LogP contribution in [0.25, 0.3) is 0 Å². The highest BCUT2D eigenvalue weighted by atomic mass is 15.3. The molecule has 29 heavy (non-hydrogen) atoms. The normalized spacial score (nSPS) is 24.0. The number of nitrogens with zero attached hydrogens (tertiary/aromatic N) is 4. The second-order valence-corrected chi connectivity index (χ2v) is 8.90. The number of aliphatic imine (C=N–C) groups is 1. The molecule has 2 atom stereocenters. The molecule has 162 valence electrons. The minimum Gasteiger partial charge on any atom is -0.357 e. The molecule has 1 aromatic heterocycles. The van der Waals surface area contributed by atoms with Crippen molar-refractivity contribution in [2.45, 2.75) is 72.0 Å². The van der Waals surface area contributed by atoms with Crippen LogP contribution in [0, 0.1) is 5.92 Å². The standard InChI is InChI=1S/C23H40N6/c1-5-24-23(27-21-17-29(18(2)3)16-19(21)4)26-15-20-10-11-22(25-14-20)28-12-8-6-7-9-13-28/h10-11,14,18-19,21H,5-9,12-13,15-17H2,1-4H3,(H2,24,26,27). The van der Waals surface area contributed by atoms with Gasteiger partial charge in [-0.1, -0.05) is 25.8 Å². The molecule has 2 saturated heterocycles. The molecule has 6 heteroatoms. The number of hydrogen-bond acceptors (Lipinski definition) is 4. The molecule has 2 aliphatic heterocycles. The highest BCUT2D eigenvalue weighted by Gasteiger charge is 2.31. The first kappa shape index (κ1) is 21.9. The fourth-order valence-electron chi connectivity index (χ4n) is 4.28. The molecule has 0 aliphatic carbocycles. The van der Waals surface area contributed by atoms with E-state index in [1.165, 1.54) is 25.7 Å². The summed E-state index contributed by atoms with van der Waals surface area (Å²) in [7, 11) is 0. The zero-order valence-corrected chi connectivity index (χ0v) is 18.8. The van der Waals surface area contributed by atoms with E-state index in [2.05, 4.69) is 60.3 Å². The van der Waals surface area contributed by atoms with Crippen LogP contribution >= 0.6 is 0 Å². The summed E-state index contributed by atoms with van der Waals surface area (Å²) in [6, 6.07) is 5.38. The maximum Gasteiger partial charge on any atom is 0.191 e. The van der Waals surface area contributed by atoms with Gasteiger partial charge in [-0.2, -0.15) is 0 Å². The minimum absolute atomic E-state index is 0.443. The molecule has 0 saturated carbocycles. The average molecular weight is 401 g/mol. The van der Waals surface area contributed by atoms with E-state index in [0.29, 0.717) is 24.5 Å². The average Bonchev–Trinajstić information content (AvgIpc) is 2.92. The number of anilines is 1. The summed E-state index contributed by atoms with van der Waals surface area (Å²) in [5.41, 5.74) is 1.16. The molecule has 2 unspecified atom stereocenters. The molecule has 0 aromatic carbocycles. The Hall–Kier alpha value is -1.82. The Bertz CT molecular complexity index is 633. The lowest BCUT2D eigenvalue weighted by Crippen LogP contribution is -2.46. The molecule has 3 heterocycles. The summed E-state index contributed by atoms with van der Waals surface area (Å²) in [6.07, 6.45) is 7.24. The molecule has 0 radical (unpaired) electrons. The van der Waals surface area contributed by atoms with Gasteiger partial charge in [0.2, 0.25) is 0 Å². The van der Waals surface area contributed by atoms with E-state index >= 15 is 0 Å². The van der Waals surface area contributed by atoms with E-state index in [0.717, 1.165) is 50.1 Å². The van der Waals surface area contributed by atoms with Gasteiger partial charge in [0.15, 0.2) is 5.96 Å². The molecule has 3 rings (SSSR count). The van der Waals surface area contributed by atoms with Crippen molar-refractivity contribution in [2.75, 3.05) is 37.6 Å². The summed E-state index contributed by atoms with van der Waals surface area (Å²) >= 11 is 0. The molecule has 0 amide bonds. The quantitative estimate of drug-likeness (QED) is 0.567. The van der Waals surface area contributed by atoms with E-state index in [-0.39, 0.29) is 0 Å². The van der Waals surface area contributed by atoms with E-state index in [4.69, 9.17) is 9.98 Å².